The highest BCUT2D eigenvalue weighted by molar-refractivity contribution is 7.84. The molecule has 1 rings (SSSR count). The van der Waals surface area contributed by atoms with E-state index in [9.17, 15) is 4.21 Å². The summed E-state index contributed by atoms with van der Waals surface area (Å²) in [5.74, 6) is 0. The number of hydrogen-bond acceptors (Lipinski definition) is 4. The first-order valence-electron chi connectivity index (χ1n) is 6.17. The molecule has 6 heteroatoms. The number of rotatable bonds is 6. The van der Waals surface area contributed by atoms with Crippen molar-refractivity contribution in [2.75, 3.05) is 18.1 Å². The van der Waals surface area contributed by atoms with Gasteiger partial charge in [-0.05, 0) is 26.3 Å². The maximum atomic E-state index is 11.3. The maximum Gasteiger partial charge on any atom is 0.107 e. The Balaban J connectivity index is 2.83. The molecule has 0 aliphatic heterocycles. The Morgan fingerprint density at radius 2 is 2.21 bits per heavy atom. The Hall–Kier alpha value is -1.01. The summed E-state index contributed by atoms with van der Waals surface area (Å²) in [4.78, 5) is 4.72. The number of nitrogens with two attached hydrogens (primary N) is 1. The first-order valence-corrected chi connectivity index (χ1v) is 8.20. The number of hydrogen-bond donors (Lipinski definition) is 2. The summed E-state index contributed by atoms with van der Waals surface area (Å²) in [6.45, 7) is 6.55. The molecule has 0 saturated heterocycles. The van der Waals surface area contributed by atoms with Gasteiger partial charge >= 0.3 is 0 Å². The smallest absolute Gasteiger partial charge is 0.107 e. The standard InChI is InChI=1S/C13H21N3OS2/c1-8-7-11(12(13(14)18)10(3)16-8)15-6-5-9(2)19(4)17/h7,9H,5-6H2,1-4H3,(H2,14,18)(H,15,16). The van der Waals surface area contributed by atoms with Crippen molar-refractivity contribution in [3.63, 3.8) is 0 Å². The van der Waals surface area contributed by atoms with Crippen LogP contribution in [0, 0.1) is 13.8 Å². The molecule has 2 atom stereocenters. The van der Waals surface area contributed by atoms with Gasteiger partial charge in [0.05, 0.1) is 5.56 Å². The average molecular weight is 299 g/mol. The largest absolute Gasteiger partial charge is 0.389 e. The van der Waals surface area contributed by atoms with Gasteiger partial charge in [0, 0.05) is 45.9 Å². The van der Waals surface area contributed by atoms with E-state index >= 15 is 0 Å². The van der Waals surface area contributed by atoms with Gasteiger partial charge in [-0.1, -0.05) is 19.1 Å². The maximum absolute atomic E-state index is 11.3. The molecule has 106 valence electrons. The Bertz CT molecular complexity index is 503. The molecule has 1 aromatic rings. The number of aryl methyl sites for hydroxylation is 2. The minimum atomic E-state index is -0.794. The van der Waals surface area contributed by atoms with Crippen molar-refractivity contribution in [3.8, 4) is 0 Å². The van der Waals surface area contributed by atoms with Gasteiger partial charge < -0.3 is 11.1 Å². The van der Waals surface area contributed by atoms with E-state index in [1.54, 1.807) is 6.26 Å². The molecule has 0 aliphatic carbocycles. The Morgan fingerprint density at radius 3 is 2.74 bits per heavy atom. The van der Waals surface area contributed by atoms with E-state index < -0.39 is 10.8 Å². The van der Waals surface area contributed by atoms with Crippen LogP contribution in [0.15, 0.2) is 6.07 Å². The van der Waals surface area contributed by atoms with Gasteiger partial charge in [0.25, 0.3) is 0 Å². The molecule has 0 saturated carbocycles. The summed E-state index contributed by atoms with van der Waals surface area (Å²) < 4.78 is 11.3. The van der Waals surface area contributed by atoms with Crippen molar-refractivity contribution in [3.05, 3.63) is 23.0 Å². The average Bonchev–Trinajstić information content (AvgIpc) is 2.26. The monoisotopic (exact) mass is 299 g/mol. The van der Waals surface area contributed by atoms with Crippen LogP contribution in [0.2, 0.25) is 0 Å². The molecule has 2 unspecified atom stereocenters. The van der Waals surface area contributed by atoms with E-state index in [0.29, 0.717) is 4.99 Å². The molecule has 0 aliphatic rings. The van der Waals surface area contributed by atoms with Gasteiger partial charge in [-0.15, -0.1) is 0 Å². The summed E-state index contributed by atoms with van der Waals surface area (Å²) in [6.07, 6.45) is 2.56. The van der Waals surface area contributed by atoms with Gasteiger partial charge in [0.2, 0.25) is 0 Å². The molecule has 1 heterocycles. The molecule has 0 amide bonds. The molecular weight excluding hydrogens is 278 g/mol. The summed E-state index contributed by atoms with van der Waals surface area (Å²) in [7, 11) is -0.794. The van der Waals surface area contributed by atoms with Crippen LogP contribution >= 0.6 is 12.2 Å². The van der Waals surface area contributed by atoms with E-state index in [1.165, 1.54) is 0 Å². The van der Waals surface area contributed by atoms with E-state index in [4.69, 9.17) is 18.0 Å². The number of nitrogens with one attached hydrogen (secondary N) is 1. The summed E-state index contributed by atoms with van der Waals surface area (Å²) in [6, 6.07) is 1.94. The normalized spacial score (nSPS) is 13.9. The lowest BCUT2D eigenvalue weighted by Gasteiger charge is -2.15. The Labute approximate surface area is 122 Å². The van der Waals surface area contributed by atoms with Crippen LogP contribution < -0.4 is 11.1 Å². The zero-order chi connectivity index (χ0) is 14.6. The van der Waals surface area contributed by atoms with Crippen LogP contribution in [0.5, 0.6) is 0 Å². The van der Waals surface area contributed by atoms with Crippen LogP contribution in [0.1, 0.15) is 30.3 Å². The van der Waals surface area contributed by atoms with Crippen molar-refractivity contribution < 1.29 is 4.21 Å². The third-order valence-electron chi connectivity index (χ3n) is 3.01. The van der Waals surface area contributed by atoms with E-state index in [1.807, 2.05) is 26.8 Å². The molecular formula is C13H21N3OS2. The fourth-order valence-electron chi connectivity index (χ4n) is 1.86. The van der Waals surface area contributed by atoms with Crippen LogP contribution in [-0.4, -0.2) is 32.2 Å². The summed E-state index contributed by atoms with van der Waals surface area (Å²) >= 11 is 5.07. The first-order chi connectivity index (χ1) is 8.82. The lowest BCUT2D eigenvalue weighted by molar-refractivity contribution is 0.672. The molecule has 19 heavy (non-hydrogen) atoms. The molecule has 1 aromatic heterocycles. The predicted octanol–water partition coefficient (Wildman–Crippen LogP) is 1.90. The second-order valence-corrected chi connectivity index (χ2v) is 6.90. The second kappa shape index (κ2) is 6.96. The Kier molecular flexibility index (Phi) is 5.87. The van der Waals surface area contributed by atoms with E-state index in [-0.39, 0.29) is 5.25 Å². The molecule has 4 nitrogen and oxygen atoms in total. The van der Waals surface area contributed by atoms with Crippen molar-refractivity contribution in [2.24, 2.45) is 5.73 Å². The number of thiocarbonyl (C=S) groups is 1. The van der Waals surface area contributed by atoms with Crippen LogP contribution in [0.3, 0.4) is 0 Å². The van der Waals surface area contributed by atoms with Gasteiger partial charge in [0.15, 0.2) is 0 Å². The fourth-order valence-corrected chi connectivity index (χ4v) is 2.56. The minimum absolute atomic E-state index is 0.171. The molecule has 0 bridgehead atoms. The number of pyridine rings is 1. The molecule has 0 fully saturated rings. The van der Waals surface area contributed by atoms with Crippen molar-refractivity contribution >= 4 is 33.7 Å². The molecule has 3 N–H and O–H groups in total. The lowest BCUT2D eigenvalue weighted by atomic mass is 10.1. The summed E-state index contributed by atoms with van der Waals surface area (Å²) in [5, 5.41) is 3.49. The van der Waals surface area contributed by atoms with Gasteiger partial charge in [-0.3, -0.25) is 9.19 Å². The Morgan fingerprint density at radius 1 is 1.58 bits per heavy atom. The highest BCUT2D eigenvalue weighted by Gasteiger charge is 2.12. The number of anilines is 1. The van der Waals surface area contributed by atoms with Crippen LogP contribution in [0.4, 0.5) is 5.69 Å². The predicted molar refractivity (Wildman–Crippen MR) is 86.2 cm³/mol. The lowest BCUT2D eigenvalue weighted by Crippen LogP contribution is -2.19. The quantitative estimate of drug-likeness (QED) is 0.785. The SMILES string of the molecule is Cc1cc(NCCC(C)S(C)=O)c(C(N)=S)c(C)n1. The summed E-state index contributed by atoms with van der Waals surface area (Å²) in [5.41, 5.74) is 9.21. The third-order valence-corrected chi connectivity index (χ3v) is 4.58. The van der Waals surface area contributed by atoms with Crippen molar-refractivity contribution in [1.29, 1.82) is 0 Å². The van der Waals surface area contributed by atoms with Crippen molar-refractivity contribution in [1.82, 2.24) is 4.98 Å². The first kappa shape index (κ1) is 16.0. The van der Waals surface area contributed by atoms with E-state index in [2.05, 4.69) is 10.3 Å². The van der Waals surface area contributed by atoms with Gasteiger partial charge in [-0.25, -0.2) is 0 Å². The number of nitrogens with zero attached hydrogens (tertiary/aromatic N) is 1. The molecule has 0 aromatic carbocycles. The zero-order valence-electron chi connectivity index (χ0n) is 11.8. The minimum Gasteiger partial charge on any atom is -0.389 e. The highest BCUT2D eigenvalue weighted by atomic mass is 32.2. The van der Waals surface area contributed by atoms with Gasteiger partial charge in [0.1, 0.15) is 4.99 Å². The topological polar surface area (TPSA) is 68.0 Å². The fraction of sp³-hybridized carbons (Fsp3) is 0.538. The van der Waals surface area contributed by atoms with Crippen LogP contribution in [-0.2, 0) is 10.8 Å². The molecule has 0 spiro atoms. The number of aromatic nitrogens is 1. The van der Waals surface area contributed by atoms with E-state index in [0.717, 1.165) is 35.6 Å². The van der Waals surface area contributed by atoms with Gasteiger partial charge in [-0.2, -0.15) is 0 Å². The molecule has 0 radical (unpaired) electrons. The highest BCUT2D eigenvalue weighted by Crippen LogP contribution is 2.19. The zero-order valence-corrected chi connectivity index (χ0v) is 13.5. The van der Waals surface area contributed by atoms with Crippen molar-refractivity contribution in [2.45, 2.75) is 32.4 Å². The second-order valence-electron chi connectivity index (χ2n) is 4.66. The van der Waals surface area contributed by atoms with Crippen LogP contribution in [0.25, 0.3) is 0 Å². The third kappa shape index (κ3) is 4.54.